The molecule has 0 unspecified atom stereocenters. The summed E-state index contributed by atoms with van der Waals surface area (Å²) in [7, 11) is 0. The van der Waals surface area contributed by atoms with Crippen molar-refractivity contribution in [3.05, 3.63) is 63.7 Å². The molecular formula is C14H12ClNO3S. The lowest BCUT2D eigenvalue weighted by molar-refractivity contribution is -0.384. The molecule has 0 fully saturated rings. The van der Waals surface area contributed by atoms with Crippen molar-refractivity contribution in [2.24, 2.45) is 0 Å². The summed E-state index contributed by atoms with van der Waals surface area (Å²) < 4.78 is 5.52. The largest absolute Gasteiger partial charge is 0.491 e. The zero-order chi connectivity index (χ0) is 14.4. The van der Waals surface area contributed by atoms with E-state index >= 15 is 0 Å². The summed E-state index contributed by atoms with van der Waals surface area (Å²) >= 11 is 7.61. The minimum Gasteiger partial charge on any atom is -0.491 e. The van der Waals surface area contributed by atoms with Gasteiger partial charge in [-0.15, -0.1) is 11.8 Å². The van der Waals surface area contributed by atoms with Gasteiger partial charge in [0, 0.05) is 22.8 Å². The zero-order valence-corrected chi connectivity index (χ0v) is 12.1. The van der Waals surface area contributed by atoms with E-state index in [-0.39, 0.29) is 10.7 Å². The van der Waals surface area contributed by atoms with Gasteiger partial charge in [-0.1, -0.05) is 29.8 Å². The quantitative estimate of drug-likeness (QED) is 0.343. The molecule has 6 heteroatoms. The normalized spacial score (nSPS) is 10.2. The van der Waals surface area contributed by atoms with Crippen LogP contribution < -0.4 is 4.74 Å². The number of thioether (sulfide) groups is 1. The van der Waals surface area contributed by atoms with Gasteiger partial charge in [-0.25, -0.2) is 0 Å². The van der Waals surface area contributed by atoms with Crippen LogP contribution in [0.4, 0.5) is 5.69 Å². The number of nitro groups is 1. The second-order valence-corrected chi connectivity index (χ2v) is 5.46. The van der Waals surface area contributed by atoms with Crippen LogP contribution in [-0.2, 0) is 0 Å². The number of hydrogen-bond donors (Lipinski definition) is 0. The van der Waals surface area contributed by atoms with Gasteiger partial charge in [-0.2, -0.15) is 0 Å². The molecule has 0 radical (unpaired) electrons. The van der Waals surface area contributed by atoms with E-state index in [9.17, 15) is 10.1 Å². The summed E-state index contributed by atoms with van der Waals surface area (Å²) in [6, 6.07) is 14.2. The molecule has 0 bridgehead atoms. The number of ether oxygens (including phenoxy) is 1. The predicted octanol–water partition coefficient (Wildman–Crippen LogP) is 4.42. The smallest absolute Gasteiger partial charge is 0.271 e. The van der Waals surface area contributed by atoms with E-state index in [1.54, 1.807) is 11.8 Å². The molecule has 4 nitrogen and oxygen atoms in total. The highest BCUT2D eigenvalue weighted by molar-refractivity contribution is 7.99. The summed E-state index contributed by atoms with van der Waals surface area (Å²) in [6.45, 7) is 0.483. The molecule has 2 aromatic rings. The Balaban J connectivity index is 1.84. The van der Waals surface area contributed by atoms with Crippen LogP contribution in [-0.4, -0.2) is 17.3 Å². The van der Waals surface area contributed by atoms with Crippen LogP contribution in [0.5, 0.6) is 5.75 Å². The monoisotopic (exact) mass is 309 g/mol. The van der Waals surface area contributed by atoms with Crippen LogP contribution in [0.2, 0.25) is 5.02 Å². The zero-order valence-electron chi connectivity index (χ0n) is 10.5. The van der Waals surface area contributed by atoms with Gasteiger partial charge in [0.25, 0.3) is 5.69 Å². The minimum atomic E-state index is -0.485. The SMILES string of the molecule is O=[N+]([O-])c1ccc(OCCSc2ccccc2)c(Cl)c1. The second kappa shape index (κ2) is 7.17. The van der Waals surface area contributed by atoms with Gasteiger partial charge in [-0.05, 0) is 18.2 Å². The minimum absolute atomic E-state index is 0.0407. The molecule has 0 atom stereocenters. The van der Waals surface area contributed by atoms with Crippen molar-refractivity contribution in [3.63, 3.8) is 0 Å². The van der Waals surface area contributed by atoms with Crippen molar-refractivity contribution in [3.8, 4) is 5.75 Å². The third-order valence-corrected chi connectivity index (χ3v) is 3.75. The van der Waals surface area contributed by atoms with Gasteiger partial charge in [0.1, 0.15) is 5.75 Å². The van der Waals surface area contributed by atoms with Crippen molar-refractivity contribution in [2.75, 3.05) is 12.4 Å². The van der Waals surface area contributed by atoms with E-state index in [0.29, 0.717) is 12.4 Å². The van der Waals surface area contributed by atoms with Crippen molar-refractivity contribution >= 4 is 29.1 Å². The summed E-state index contributed by atoms with van der Waals surface area (Å²) in [5.74, 6) is 1.24. The fourth-order valence-electron chi connectivity index (χ4n) is 1.55. The molecule has 0 amide bonds. The lowest BCUT2D eigenvalue weighted by Gasteiger charge is -2.07. The highest BCUT2D eigenvalue weighted by Crippen LogP contribution is 2.29. The van der Waals surface area contributed by atoms with Gasteiger partial charge in [0.05, 0.1) is 16.6 Å². The third-order valence-electron chi connectivity index (χ3n) is 2.48. The number of nitrogens with zero attached hydrogens (tertiary/aromatic N) is 1. The molecule has 2 aromatic carbocycles. The van der Waals surface area contributed by atoms with Crippen LogP contribution in [0, 0.1) is 10.1 Å². The highest BCUT2D eigenvalue weighted by Gasteiger charge is 2.10. The maximum Gasteiger partial charge on any atom is 0.271 e. The average molecular weight is 310 g/mol. The van der Waals surface area contributed by atoms with Gasteiger partial charge in [0.15, 0.2) is 0 Å². The van der Waals surface area contributed by atoms with Crippen LogP contribution >= 0.6 is 23.4 Å². The molecule has 0 aromatic heterocycles. The Labute approximate surface area is 125 Å². The summed E-state index contributed by atoms with van der Waals surface area (Å²) in [5, 5.41) is 10.8. The maximum absolute atomic E-state index is 10.6. The highest BCUT2D eigenvalue weighted by atomic mass is 35.5. The molecule has 2 rings (SSSR count). The van der Waals surface area contributed by atoms with Crippen molar-refractivity contribution in [2.45, 2.75) is 4.90 Å². The molecule has 0 aliphatic carbocycles. The first kappa shape index (κ1) is 14.7. The molecule has 0 aliphatic heterocycles. The Bertz CT molecular complexity index is 592. The van der Waals surface area contributed by atoms with Gasteiger partial charge < -0.3 is 4.74 Å². The van der Waals surface area contributed by atoms with E-state index in [2.05, 4.69) is 0 Å². The summed E-state index contributed by atoms with van der Waals surface area (Å²) in [5.41, 5.74) is -0.0407. The summed E-state index contributed by atoms with van der Waals surface area (Å²) in [6.07, 6.45) is 0. The van der Waals surface area contributed by atoms with Crippen LogP contribution in [0.3, 0.4) is 0 Å². The Morgan fingerprint density at radius 1 is 1.20 bits per heavy atom. The van der Waals surface area contributed by atoms with E-state index in [1.807, 2.05) is 30.3 Å². The topological polar surface area (TPSA) is 52.4 Å². The van der Waals surface area contributed by atoms with Gasteiger partial charge in [0.2, 0.25) is 0 Å². The van der Waals surface area contributed by atoms with Gasteiger partial charge >= 0.3 is 0 Å². The summed E-state index contributed by atoms with van der Waals surface area (Å²) in [4.78, 5) is 11.3. The fraction of sp³-hybridized carbons (Fsp3) is 0.143. The van der Waals surface area contributed by atoms with Crippen LogP contribution in [0.25, 0.3) is 0 Å². The number of nitro benzene ring substituents is 1. The van der Waals surface area contributed by atoms with Gasteiger partial charge in [-0.3, -0.25) is 10.1 Å². The van der Waals surface area contributed by atoms with Crippen LogP contribution in [0.15, 0.2) is 53.4 Å². The number of rotatable bonds is 6. The lowest BCUT2D eigenvalue weighted by atomic mass is 10.3. The molecule has 104 valence electrons. The average Bonchev–Trinajstić information content (AvgIpc) is 2.46. The third kappa shape index (κ3) is 4.15. The number of hydrogen-bond acceptors (Lipinski definition) is 4. The molecule has 0 saturated heterocycles. The number of non-ortho nitro benzene ring substituents is 1. The standard InChI is InChI=1S/C14H12ClNO3S/c15-13-10-11(16(17)18)6-7-14(13)19-8-9-20-12-4-2-1-3-5-12/h1-7,10H,8-9H2. The first-order valence-corrected chi connectivity index (χ1v) is 7.28. The Kier molecular flexibility index (Phi) is 5.26. The number of halogens is 1. The molecule has 0 aliphatic rings. The fourth-order valence-corrected chi connectivity index (χ4v) is 2.53. The van der Waals surface area contributed by atoms with Crippen molar-refractivity contribution < 1.29 is 9.66 Å². The van der Waals surface area contributed by atoms with Crippen LogP contribution in [0.1, 0.15) is 0 Å². The Morgan fingerprint density at radius 2 is 1.95 bits per heavy atom. The molecule has 20 heavy (non-hydrogen) atoms. The first-order chi connectivity index (χ1) is 9.66. The van der Waals surface area contributed by atoms with Crippen molar-refractivity contribution in [1.29, 1.82) is 0 Å². The predicted molar refractivity (Wildman–Crippen MR) is 80.8 cm³/mol. The van der Waals surface area contributed by atoms with E-state index < -0.39 is 4.92 Å². The molecule has 0 heterocycles. The Hall–Kier alpha value is -1.72. The lowest BCUT2D eigenvalue weighted by Crippen LogP contribution is -2.00. The molecular weight excluding hydrogens is 298 g/mol. The van der Waals surface area contributed by atoms with E-state index in [4.69, 9.17) is 16.3 Å². The van der Waals surface area contributed by atoms with E-state index in [0.717, 1.165) is 5.75 Å². The van der Waals surface area contributed by atoms with Crippen molar-refractivity contribution in [1.82, 2.24) is 0 Å². The Morgan fingerprint density at radius 3 is 2.60 bits per heavy atom. The molecule has 0 saturated carbocycles. The van der Waals surface area contributed by atoms with E-state index in [1.165, 1.54) is 23.1 Å². The first-order valence-electron chi connectivity index (χ1n) is 5.91. The molecule has 0 N–H and O–H groups in total. The maximum atomic E-state index is 10.6. The number of benzene rings is 2. The molecule has 0 spiro atoms. The second-order valence-electron chi connectivity index (χ2n) is 3.88.